The number of Topliss-reactive ketones (excluding diaryl/α,β-unsaturated/α-hetero) is 2. The second kappa shape index (κ2) is 6.37. The molecule has 0 aliphatic rings. The van der Waals surface area contributed by atoms with E-state index >= 15 is 0 Å². The van der Waals surface area contributed by atoms with Crippen LogP contribution in [0.5, 0.6) is 0 Å². The standard InChI is InChI=1S/C15H16ClN3O4/c1-4-9-12(8(3)20)7(2)17-13(9)11(21)6-19-5-10(16)14(22)18-15(19)23/h5,17H,4,6H2,1-3H3,(H,18,22,23). The number of aromatic nitrogens is 3. The second-order valence-corrected chi connectivity index (χ2v) is 5.58. The predicted octanol–water partition coefficient (Wildman–Crippen LogP) is 1.47. The molecule has 0 fully saturated rings. The third-order valence-corrected chi connectivity index (χ3v) is 3.83. The van der Waals surface area contributed by atoms with E-state index in [0.29, 0.717) is 28.9 Å². The zero-order valence-corrected chi connectivity index (χ0v) is 13.7. The number of nitrogens with one attached hydrogen (secondary N) is 2. The predicted molar refractivity (Wildman–Crippen MR) is 85.6 cm³/mol. The summed E-state index contributed by atoms with van der Waals surface area (Å²) in [6.07, 6.45) is 1.62. The average Bonchev–Trinajstić information content (AvgIpc) is 2.81. The fourth-order valence-corrected chi connectivity index (χ4v) is 2.74. The van der Waals surface area contributed by atoms with Crippen LogP contribution >= 0.6 is 11.6 Å². The van der Waals surface area contributed by atoms with Crippen molar-refractivity contribution in [1.82, 2.24) is 14.5 Å². The van der Waals surface area contributed by atoms with Crippen molar-refractivity contribution in [2.24, 2.45) is 0 Å². The first-order valence-corrected chi connectivity index (χ1v) is 7.38. The molecule has 0 saturated heterocycles. The van der Waals surface area contributed by atoms with Crippen LogP contribution in [0.4, 0.5) is 0 Å². The highest BCUT2D eigenvalue weighted by atomic mass is 35.5. The average molecular weight is 338 g/mol. The van der Waals surface area contributed by atoms with Gasteiger partial charge in [0, 0.05) is 17.5 Å². The fourth-order valence-electron chi connectivity index (χ4n) is 2.58. The third kappa shape index (κ3) is 3.19. The number of carbonyl (C=O) groups is 2. The summed E-state index contributed by atoms with van der Waals surface area (Å²) in [7, 11) is 0. The van der Waals surface area contributed by atoms with Crippen molar-refractivity contribution >= 4 is 23.2 Å². The monoisotopic (exact) mass is 337 g/mol. The molecule has 122 valence electrons. The van der Waals surface area contributed by atoms with Gasteiger partial charge in [-0.05, 0) is 25.8 Å². The molecule has 7 nitrogen and oxygen atoms in total. The summed E-state index contributed by atoms with van der Waals surface area (Å²) >= 11 is 5.68. The lowest BCUT2D eigenvalue weighted by atomic mass is 10.0. The number of hydrogen-bond donors (Lipinski definition) is 2. The lowest BCUT2D eigenvalue weighted by Gasteiger charge is -2.06. The number of aromatic amines is 2. The van der Waals surface area contributed by atoms with Crippen molar-refractivity contribution in [3.63, 3.8) is 0 Å². The van der Waals surface area contributed by atoms with E-state index in [2.05, 4.69) is 4.98 Å². The molecular formula is C15H16ClN3O4. The van der Waals surface area contributed by atoms with E-state index in [-0.39, 0.29) is 23.1 Å². The molecule has 0 amide bonds. The Kier molecular flexibility index (Phi) is 4.70. The molecular weight excluding hydrogens is 322 g/mol. The van der Waals surface area contributed by atoms with Gasteiger partial charge in [0.1, 0.15) is 5.02 Å². The van der Waals surface area contributed by atoms with Crippen molar-refractivity contribution in [2.45, 2.75) is 33.7 Å². The molecule has 0 aliphatic carbocycles. The quantitative estimate of drug-likeness (QED) is 0.806. The van der Waals surface area contributed by atoms with Gasteiger partial charge in [0.05, 0.1) is 12.2 Å². The van der Waals surface area contributed by atoms with Gasteiger partial charge in [0.15, 0.2) is 11.6 Å². The van der Waals surface area contributed by atoms with Gasteiger partial charge in [-0.25, -0.2) is 4.79 Å². The Labute approximate surface area is 136 Å². The first-order valence-electron chi connectivity index (χ1n) is 7.01. The van der Waals surface area contributed by atoms with Gasteiger partial charge in [-0.1, -0.05) is 18.5 Å². The Balaban J connectivity index is 2.45. The van der Waals surface area contributed by atoms with Gasteiger partial charge in [-0.3, -0.25) is 23.9 Å². The number of hydrogen-bond acceptors (Lipinski definition) is 4. The Morgan fingerprint density at radius 2 is 1.91 bits per heavy atom. The Morgan fingerprint density at radius 3 is 2.48 bits per heavy atom. The van der Waals surface area contributed by atoms with E-state index in [4.69, 9.17) is 11.6 Å². The van der Waals surface area contributed by atoms with Crippen molar-refractivity contribution in [2.75, 3.05) is 0 Å². The molecule has 0 spiro atoms. The molecule has 2 aromatic rings. The smallest absolute Gasteiger partial charge is 0.328 e. The molecule has 8 heteroatoms. The lowest BCUT2D eigenvalue weighted by Crippen LogP contribution is -2.32. The number of halogens is 1. The van der Waals surface area contributed by atoms with Crippen LogP contribution in [0.2, 0.25) is 5.02 Å². The largest absolute Gasteiger partial charge is 0.355 e. The zero-order chi connectivity index (χ0) is 17.3. The van der Waals surface area contributed by atoms with E-state index in [1.165, 1.54) is 6.92 Å². The van der Waals surface area contributed by atoms with Gasteiger partial charge in [-0.2, -0.15) is 0 Å². The second-order valence-electron chi connectivity index (χ2n) is 5.18. The number of ketones is 2. The van der Waals surface area contributed by atoms with Crippen LogP contribution in [-0.2, 0) is 13.0 Å². The summed E-state index contributed by atoms with van der Waals surface area (Å²) in [6, 6.07) is 0. The van der Waals surface area contributed by atoms with Gasteiger partial charge in [0.25, 0.3) is 5.56 Å². The molecule has 0 atom stereocenters. The van der Waals surface area contributed by atoms with Crippen molar-refractivity contribution in [3.8, 4) is 0 Å². The SMILES string of the molecule is CCc1c(C(=O)Cn2cc(Cl)c(=O)[nH]c2=O)[nH]c(C)c1C(C)=O. The molecule has 2 aromatic heterocycles. The number of aryl methyl sites for hydroxylation is 1. The number of H-pyrrole nitrogens is 2. The van der Waals surface area contributed by atoms with Crippen LogP contribution in [0, 0.1) is 6.92 Å². The van der Waals surface area contributed by atoms with Gasteiger partial charge in [0.2, 0.25) is 0 Å². The van der Waals surface area contributed by atoms with Crippen molar-refractivity contribution in [3.05, 3.63) is 54.6 Å². The van der Waals surface area contributed by atoms with Crippen LogP contribution in [0.1, 0.15) is 46.0 Å². The highest BCUT2D eigenvalue weighted by molar-refractivity contribution is 6.30. The van der Waals surface area contributed by atoms with Gasteiger partial charge in [-0.15, -0.1) is 0 Å². The molecule has 0 saturated carbocycles. The summed E-state index contributed by atoms with van der Waals surface area (Å²) in [6.45, 7) is 4.71. The third-order valence-electron chi connectivity index (χ3n) is 3.56. The van der Waals surface area contributed by atoms with E-state index < -0.39 is 11.2 Å². The minimum atomic E-state index is -0.721. The normalized spacial score (nSPS) is 10.8. The molecule has 0 aromatic carbocycles. The Morgan fingerprint density at radius 1 is 1.26 bits per heavy atom. The van der Waals surface area contributed by atoms with Crippen molar-refractivity contribution < 1.29 is 9.59 Å². The van der Waals surface area contributed by atoms with Crippen molar-refractivity contribution in [1.29, 1.82) is 0 Å². The molecule has 0 bridgehead atoms. The summed E-state index contributed by atoms with van der Waals surface area (Å²) < 4.78 is 1.02. The van der Waals surface area contributed by atoms with E-state index in [9.17, 15) is 19.2 Å². The summed E-state index contributed by atoms with van der Waals surface area (Å²) in [5, 5.41) is -0.180. The van der Waals surface area contributed by atoms with E-state index in [1.807, 2.05) is 11.9 Å². The van der Waals surface area contributed by atoms with Crippen LogP contribution in [0.25, 0.3) is 0 Å². The van der Waals surface area contributed by atoms with E-state index in [1.54, 1.807) is 6.92 Å². The van der Waals surface area contributed by atoms with Gasteiger partial charge < -0.3 is 4.98 Å². The topological polar surface area (TPSA) is 105 Å². The summed E-state index contributed by atoms with van der Waals surface area (Å²) in [4.78, 5) is 52.1. The van der Waals surface area contributed by atoms with Crippen LogP contribution in [0.3, 0.4) is 0 Å². The maximum absolute atomic E-state index is 12.5. The first-order chi connectivity index (χ1) is 10.8. The van der Waals surface area contributed by atoms with Gasteiger partial charge >= 0.3 is 5.69 Å². The Bertz CT molecular complexity index is 904. The maximum Gasteiger partial charge on any atom is 0.328 e. The molecule has 0 aliphatic heterocycles. The molecule has 23 heavy (non-hydrogen) atoms. The van der Waals surface area contributed by atoms with E-state index in [0.717, 1.165) is 10.8 Å². The molecule has 2 heterocycles. The lowest BCUT2D eigenvalue weighted by molar-refractivity contribution is 0.0964. The maximum atomic E-state index is 12.5. The zero-order valence-electron chi connectivity index (χ0n) is 12.9. The summed E-state index contributed by atoms with van der Waals surface area (Å²) in [5.74, 6) is -0.499. The number of nitrogens with zero attached hydrogens (tertiary/aromatic N) is 1. The minimum absolute atomic E-state index is 0.126. The number of rotatable bonds is 5. The molecule has 0 unspecified atom stereocenters. The molecule has 0 radical (unpaired) electrons. The minimum Gasteiger partial charge on any atom is -0.355 e. The van der Waals surface area contributed by atoms with Crippen LogP contribution in [-0.4, -0.2) is 26.1 Å². The van der Waals surface area contributed by atoms with Crippen LogP contribution < -0.4 is 11.2 Å². The number of carbonyl (C=O) groups excluding carboxylic acids is 2. The molecule has 2 N–H and O–H groups in total. The highest BCUT2D eigenvalue weighted by Crippen LogP contribution is 2.21. The Hall–Kier alpha value is -2.41. The molecule has 2 rings (SSSR count). The summed E-state index contributed by atoms with van der Waals surface area (Å²) in [5.41, 5.74) is 0.616. The highest BCUT2D eigenvalue weighted by Gasteiger charge is 2.22. The van der Waals surface area contributed by atoms with Crippen LogP contribution in [0.15, 0.2) is 15.8 Å². The fraction of sp³-hybridized carbons (Fsp3) is 0.333. The first kappa shape index (κ1) is 17.0.